The smallest absolute Gasteiger partial charge is 0.123 e. The first-order chi connectivity index (χ1) is 6.98. The fraction of sp³-hybridized carbons (Fsp3) is 0.500. The van der Waals surface area contributed by atoms with Crippen LogP contribution in [-0.4, -0.2) is 17.8 Å². The molecule has 84 valence electrons. The molecule has 0 spiro atoms. The molecule has 0 aromatic heterocycles. The predicted molar refractivity (Wildman–Crippen MR) is 58.9 cm³/mol. The van der Waals surface area contributed by atoms with E-state index >= 15 is 0 Å². The number of benzene rings is 1. The van der Waals surface area contributed by atoms with Gasteiger partial charge in [-0.1, -0.05) is 19.1 Å². The van der Waals surface area contributed by atoms with Crippen molar-refractivity contribution >= 4 is 0 Å². The van der Waals surface area contributed by atoms with Gasteiger partial charge in [-0.15, -0.1) is 0 Å². The third-order valence-electron chi connectivity index (χ3n) is 3.00. The molecule has 0 bridgehead atoms. The second-order valence-corrected chi connectivity index (χ2v) is 4.34. The minimum Gasteiger partial charge on any atom is -0.393 e. The predicted octanol–water partition coefficient (Wildman–Crippen LogP) is 1.71. The van der Waals surface area contributed by atoms with Gasteiger partial charge in [-0.3, -0.25) is 0 Å². The van der Waals surface area contributed by atoms with Crippen LogP contribution in [-0.2, 0) is 6.42 Å². The maximum atomic E-state index is 12.7. The van der Waals surface area contributed by atoms with E-state index in [9.17, 15) is 9.50 Å². The highest BCUT2D eigenvalue weighted by molar-refractivity contribution is 5.18. The van der Waals surface area contributed by atoms with Crippen LogP contribution < -0.4 is 5.73 Å². The van der Waals surface area contributed by atoms with Crippen LogP contribution in [0.1, 0.15) is 19.4 Å². The largest absolute Gasteiger partial charge is 0.393 e. The fourth-order valence-electron chi connectivity index (χ4n) is 1.46. The Morgan fingerprint density at radius 3 is 2.33 bits per heavy atom. The highest BCUT2D eigenvalue weighted by atomic mass is 19.1. The third kappa shape index (κ3) is 3.01. The molecule has 0 saturated carbocycles. The second-order valence-electron chi connectivity index (χ2n) is 4.34. The van der Waals surface area contributed by atoms with Gasteiger partial charge in [0, 0.05) is 12.0 Å². The number of hydrogen-bond acceptors (Lipinski definition) is 2. The van der Waals surface area contributed by atoms with Gasteiger partial charge in [0.25, 0.3) is 0 Å². The van der Waals surface area contributed by atoms with E-state index in [1.165, 1.54) is 12.1 Å². The van der Waals surface area contributed by atoms with Gasteiger partial charge < -0.3 is 10.8 Å². The molecule has 0 radical (unpaired) electrons. The van der Waals surface area contributed by atoms with Gasteiger partial charge in [0.2, 0.25) is 0 Å². The van der Waals surface area contributed by atoms with Crippen molar-refractivity contribution in [3.05, 3.63) is 35.6 Å². The SMILES string of the molecule is C[C@H](O)[C@](C)(CN)Cc1ccc(F)cc1. The summed E-state index contributed by atoms with van der Waals surface area (Å²) >= 11 is 0. The number of aliphatic hydroxyl groups is 1. The Balaban J connectivity index is 2.79. The van der Waals surface area contributed by atoms with Crippen LogP contribution in [0.5, 0.6) is 0 Å². The van der Waals surface area contributed by atoms with Crippen LogP contribution in [0, 0.1) is 11.2 Å². The molecule has 0 aliphatic heterocycles. The fourth-order valence-corrected chi connectivity index (χ4v) is 1.46. The van der Waals surface area contributed by atoms with Crippen molar-refractivity contribution < 1.29 is 9.50 Å². The van der Waals surface area contributed by atoms with Crippen LogP contribution in [0.3, 0.4) is 0 Å². The minimum absolute atomic E-state index is 0.245. The molecule has 3 N–H and O–H groups in total. The zero-order chi connectivity index (χ0) is 11.5. The Morgan fingerprint density at radius 2 is 1.93 bits per heavy atom. The molecule has 0 fully saturated rings. The Morgan fingerprint density at radius 1 is 1.40 bits per heavy atom. The topological polar surface area (TPSA) is 46.2 Å². The Hall–Kier alpha value is -0.930. The summed E-state index contributed by atoms with van der Waals surface area (Å²) in [5.74, 6) is -0.245. The van der Waals surface area contributed by atoms with Crippen molar-refractivity contribution in [2.24, 2.45) is 11.1 Å². The quantitative estimate of drug-likeness (QED) is 0.796. The van der Waals surface area contributed by atoms with Crippen molar-refractivity contribution in [2.45, 2.75) is 26.4 Å². The van der Waals surface area contributed by atoms with E-state index in [1.54, 1.807) is 19.1 Å². The van der Waals surface area contributed by atoms with Crippen molar-refractivity contribution in [1.82, 2.24) is 0 Å². The summed E-state index contributed by atoms with van der Waals surface area (Å²) in [7, 11) is 0. The molecule has 1 rings (SSSR count). The zero-order valence-corrected chi connectivity index (χ0v) is 9.20. The molecular weight excluding hydrogens is 193 g/mol. The van der Waals surface area contributed by atoms with E-state index in [-0.39, 0.29) is 11.2 Å². The van der Waals surface area contributed by atoms with Crippen LogP contribution in [0.25, 0.3) is 0 Å². The number of hydrogen-bond donors (Lipinski definition) is 2. The molecule has 0 aliphatic rings. The standard InChI is InChI=1S/C12H18FNO/c1-9(15)12(2,8-14)7-10-3-5-11(13)6-4-10/h3-6,9,15H,7-8,14H2,1-2H3/t9-,12-/m0/s1. The first kappa shape index (κ1) is 12.1. The maximum absolute atomic E-state index is 12.7. The van der Waals surface area contributed by atoms with Gasteiger partial charge >= 0.3 is 0 Å². The lowest BCUT2D eigenvalue weighted by Gasteiger charge is -2.31. The molecule has 0 heterocycles. The molecule has 0 unspecified atom stereocenters. The summed E-state index contributed by atoms with van der Waals surface area (Å²) in [6, 6.07) is 6.31. The lowest BCUT2D eigenvalue weighted by Crippen LogP contribution is -2.39. The van der Waals surface area contributed by atoms with Gasteiger partial charge in [-0.25, -0.2) is 4.39 Å². The minimum atomic E-state index is -0.479. The average molecular weight is 211 g/mol. The van der Waals surface area contributed by atoms with Crippen molar-refractivity contribution in [2.75, 3.05) is 6.54 Å². The van der Waals surface area contributed by atoms with Crippen LogP contribution in [0.15, 0.2) is 24.3 Å². The maximum Gasteiger partial charge on any atom is 0.123 e. The van der Waals surface area contributed by atoms with Crippen molar-refractivity contribution in [3.63, 3.8) is 0 Å². The van der Waals surface area contributed by atoms with E-state index in [4.69, 9.17) is 5.73 Å². The van der Waals surface area contributed by atoms with E-state index in [0.29, 0.717) is 13.0 Å². The lowest BCUT2D eigenvalue weighted by atomic mass is 9.79. The Bertz CT molecular complexity index is 310. The van der Waals surface area contributed by atoms with Crippen molar-refractivity contribution in [1.29, 1.82) is 0 Å². The monoisotopic (exact) mass is 211 g/mol. The summed E-state index contributed by atoms with van der Waals surface area (Å²) in [4.78, 5) is 0. The highest BCUT2D eigenvalue weighted by Gasteiger charge is 2.28. The van der Waals surface area contributed by atoms with E-state index in [1.807, 2.05) is 6.92 Å². The number of halogens is 1. The molecular formula is C12H18FNO. The molecule has 1 aromatic carbocycles. The van der Waals surface area contributed by atoms with Gasteiger partial charge in [0.15, 0.2) is 0 Å². The van der Waals surface area contributed by atoms with E-state index < -0.39 is 6.10 Å². The van der Waals surface area contributed by atoms with Gasteiger partial charge in [-0.2, -0.15) is 0 Å². The lowest BCUT2D eigenvalue weighted by molar-refractivity contribution is 0.0589. The first-order valence-electron chi connectivity index (χ1n) is 5.10. The summed E-state index contributed by atoms with van der Waals surface area (Å²) in [6.07, 6.45) is 0.175. The van der Waals surface area contributed by atoms with Gasteiger partial charge in [0.1, 0.15) is 5.82 Å². The summed E-state index contributed by atoms with van der Waals surface area (Å²) in [5.41, 5.74) is 6.29. The van der Waals surface area contributed by atoms with Crippen LogP contribution in [0.2, 0.25) is 0 Å². The van der Waals surface area contributed by atoms with Crippen LogP contribution in [0.4, 0.5) is 4.39 Å². The summed E-state index contributed by atoms with van der Waals surface area (Å²) in [5, 5.41) is 9.63. The van der Waals surface area contributed by atoms with Gasteiger partial charge in [0.05, 0.1) is 6.10 Å². The number of aliphatic hydroxyl groups excluding tert-OH is 1. The second kappa shape index (κ2) is 4.73. The van der Waals surface area contributed by atoms with Gasteiger partial charge in [-0.05, 0) is 31.0 Å². The molecule has 0 aliphatic carbocycles. The molecule has 0 amide bonds. The normalized spacial score (nSPS) is 17.1. The molecule has 2 nitrogen and oxygen atoms in total. The molecule has 15 heavy (non-hydrogen) atoms. The number of nitrogens with two attached hydrogens (primary N) is 1. The summed E-state index contributed by atoms with van der Waals surface area (Å²) in [6.45, 7) is 4.07. The van der Waals surface area contributed by atoms with Crippen LogP contribution >= 0.6 is 0 Å². The number of rotatable bonds is 4. The van der Waals surface area contributed by atoms with Crippen molar-refractivity contribution in [3.8, 4) is 0 Å². The van der Waals surface area contributed by atoms with E-state index in [0.717, 1.165) is 5.56 Å². The average Bonchev–Trinajstić information content (AvgIpc) is 2.21. The molecule has 1 aromatic rings. The third-order valence-corrected chi connectivity index (χ3v) is 3.00. The Labute approximate surface area is 89.9 Å². The zero-order valence-electron chi connectivity index (χ0n) is 9.20. The first-order valence-corrected chi connectivity index (χ1v) is 5.10. The van der Waals surface area contributed by atoms with E-state index in [2.05, 4.69) is 0 Å². The Kier molecular flexibility index (Phi) is 3.83. The highest BCUT2D eigenvalue weighted by Crippen LogP contribution is 2.25. The molecule has 2 atom stereocenters. The summed E-state index contributed by atoms with van der Waals surface area (Å²) < 4.78 is 12.7. The molecule has 3 heteroatoms. The molecule has 0 saturated heterocycles.